The number of anilines is 2. The average Bonchev–Trinajstić information content (AvgIpc) is 3.21. The standard InChI is InChI=1S/C19H20N6O3/c26-17(13-20-19(27)14-4-2-1-3-5-14)23-15-12-18(24-8-10-28-11-9-24)25-16(22-15)6-7-21-25/h1-7,12H,8-11,13H2,(H,20,27)(H,22,23,26). The lowest BCUT2D eigenvalue weighted by Gasteiger charge is -2.29. The third-order valence-corrected chi connectivity index (χ3v) is 4.39. The van der Waals surface area contributed by atoms with E-state index < -0.39 is 0 Å². The van der Waals surface area contributed by atoms with E-state index in [2.05, 4.69) is 25.6 Å². The van der Waals surface area contributed by atoms with Crippen molar-refractivity contribution in [3.8, 4) is 0 Å². The molecule has 1 fully saturated rings. The number of nitrogens with one attached hydrogen (secondary N) is 2. The Morgan fingerprint density at radius 1 is 1.11 bits per heavy atom. The number of amides is 2. The van der Waals surface area contributed by atoms with Crippen molar-refractivity contribution in [2.75, 3.05) is 43.1 Å². The van der Waals surface area contributed by atoms with Crippen molar-refractivity contribution in [1.29, 1.82) is 0 Å². The molecule has 9 heteroatoms. The number of ether oxygens (including phenoxy) is 1. The van der Waals surface area contributed by atoms with Crippen LogP contribution in [-0.4, -0.2) is 59.3 Å². The quantitative estimate of drug-likeness (QED) is 0.683. The number of nitrogens with zero attached hydrogens (tertiary/aromatic N) is 4. The van der Waals surface area contributed by atoms with Gasteiger partial charge in [-0.2, -0.15) is 9.61 Å². The highest BCUT2D eigenvalue weighted by atomic mass is 16.5. The predicted octanol–water partition coefficient (Wildman–Crippen LogP) is 0.934. The van der Waals surface area contributed by atoms with Crippen molar-refractivity contribution in [1.82, 2.24) is 19.9 Å². The van der Waals surface area contributed by atoms with E-state index in [4.69, 9.17) is 4.74 Å². The first-order valence-electron chi connectivity index (χ1n) is 9.01. The minimum absolute atomic E-state index is 0.146. The van der Waals surface area contributed by atoms with Crippen LogP contribution in [0.25, 0.3) is 5.65 Å². The summed E-state index contributed by atoms with van der Waals surface area (Å²) in [6.45, 7) is 2.60. The van der Waals surface area contributed by atoms with E-state index in [1.807, 2.05) is 6.07 Å². The third-order valence-electron chi connectivity index (χ3n) is 4.39. The number of benzene rings is 1. The minimum atomic E-state index is -0.353. The van der Waals surface area contributed by atoms with E-state index in [1.54, 1.807) is 47.1 Å². The molecule has 0 saturated carbocycles. The maximum absolute atomic E-state index is 12.3. The molecule has 1 aliphatic heterocycles. The van der Waals surface area contributed by atoms with E-state index in [0.29, 0.717) is 30.2 Å². The summed E-state index contributed by atoms with van der Waals surface area (Å²) < 4.78 is 7.14. The second kappa shape index (κ2) is 8.05. The molecule has 3 heterocycles. The van der Waals surface area contributed by atoms with Gasteiger partial charge in [0.25, 0.3) is 5.91 Å². The SMILES string of the molecule is O=C(CNC(=O)c1ccccc1)Nc1cc(N2CCOCC2)n2nccc2n1. The van der Waals surface area contributed by atoms with Gasteiger partial charge in [0.15, 0.2) is 5.65 Å². The minimum Gasteiger partial charge on any atom is -0.378 e. The van der Waals surface area contributed by atoms with Gasteiger partial charge in [-0.05, 0) is 12.1 Å². The maximum Gasteiger partial charge on any atom is 0.251 e. The zero-order valence-corrected chi connectivity index (χ0v) is 15.2. The number of hydrogen-bond acceptors (Lipinski definition) is 6. The van der Waals surface area contributed by atoms with Gasteiger partial charge >= 0.3 is 0 Å². The first-order chi connectivity index (χ1) is 13.7. The second-order valence-electron chi connectivity index (χ2n) is 6.30. The van der Waals surface area contributed by atoms with Crippen molar-refractivity contribution < 1.29 is 14.3 Å². The Hall–Kier alpha value is -3.46. The summed E-state index contributed by atoms with van der Waals surface area (Å²) in [5.41, 5.74) is 1.14. The molecule has 1 saturated heterocycles. The lowest BCUT2D eigenvalue weighted by molar-refractivity contribution is -0.115. The topological polar surface area (TPSA) is 101 Å². The van der Waals surface area contributed by atoms with E-state index >= 15 is 0 Å². The molecule has 1 aliphatic rings. The molecule has 0 unspecified atom stereocenters. The van der Waals surface area contributed by atoms with E-state index in [-0.39, 0.29) is 18.4 Å². The summed E-state index contributed by atoms with van der Waals surface area (Å²) in [4.78, 5) is 30.9. The Balaban J connectivity index is 1.45. The fourth-order valence-corrected chi connectivity index (χ4v) is 3.02. The molecule has 28 heavy (non-hydrogen) atoms. The van der Waals surface area contributed by atoms with Crippen LogP contribution in [0.3, 0.4) is 0 Å². The molecule has 0 radical (unpaired) electrons. The highest BCUT2D eigenvalue weighted by Crippen LogP contribution is 2.20. The average molecular weight is 380 g/mol. The second-order valence-corrected chi connectivity index (χ2v) is 6.30. The van der Waals surface area contributed by atoms with Gasteiger partial charge in [-0.15, -0.1) is 0 Å². The predicted molar refractivity (Wildman–Crippen MR) is 103 cm³/mol. The summed E-state index contributed by atoms with van der Waals surface area (Å²) in [7, 11) is 0. The summed E-state index contributed by atoms with van der Waals surface area (Å²) in [6.07, 6.45) is 1.66. The van der Waals surface area contributed by atoms with Crippen LogP contribution >= 0.6 is 0 Å². The van der Waals surface area contributed by atoms with Crippen molar-refractivity contribution in [2.45, 2.75) is 0 Å². The Kier molecular flexibility index (Phi) is 5.16. The van der Waals surface area contributed by atoms with Crippen LogP contribution in [0.1, 0.15) is 10.4 Å². The molecule has 9 nitrogen and oxygen atoms in total. The molecule has 0 aliphatic carbocycles. The number of hydrogen-bond donors (Lipinski definition) is 2. The summed E-state index contributed by atoms with van der Waals surface area (Å²) in [5.74, 6) is 0.591. The molecular weight excluding hydrogens is 360 g/mol. The molecule has 0 atom stereocenters. The van der Waals surface area contributed by atoms with Crippen LogP contribution in [0.15, 0.2) is 48.7 Å². The Morgan fingerprint density at radius 3 is 2.68 bits per heavy atom. The van der Waals surface area contributed by atoms with Crippen molar-refractivity contribution in [3.05, 3.63) is 54.2 Å². The number of carbonyl (C=O) groups is 2. The molecule has 2 aromatic heterocycles. The molecule has 1 aromatic carbocycles. The maximum atomic E-state index is 12.3. The Morgan fingerprint density at radius 2 is 1.89 bits per heavy atom. The number of aromatic nitrogens is 3. The Bertz CT molecular complexity index is 982. The van der Waals surface area contributed by atoms with Gasteiger partial charge in [0, 0.05) is 30.8 Å². The third kappa shape index (κ3) is 3.94. The monoisotopic (exact) mass is 380 g/mol. The van der Waals surface area contributed by atoms with Gasteiger partial charge in [-0.1, -0.05) is 18.2 Å². The highest BCUT2D eigenvalue weighted by Gasteiger charge is 2.17. The smallest absolute Gasteiger partial charge is 0.251 e. The van der Waals surface area contributed by atoms with Crippen LogP contribution in [0.5, 0.6) is 0 Å². The van der Waals surface area contributed by atoms with Crippen molar-refractivity contribution in [3.63, 3.8) is 0 Å². The number of rotatable bonds is 5. The van der Waals surface area contributed by atoms with E-state index in [9.17, 15) is 9.59 Å². The molecule has 144 valence electrons. The van der Waals surface area contributed by atoms with Gasteiger partial charge in [0.05, 0.1) is 26.0 Å². The number of fused-ring (bicyclic) bond motifs is 1. The lowest BCUT2D eigenvalue weighted by atomic mass is 10.2. The summed E-state index contributed by atoms with van der Waals surface area (Å²) in [6, 6.07) is 12.3. The van der Waals surface area contributed by atoms with Crippen molar-refractivity contribution in [2.24, 2.45) is 0 Å². The number of carbonyl (C=O) groups excluding carboxylic acids is 2. The molecule has 0 bridgehead atoms. The normalized spacial score (nSPS) is 14.1. The van der Waals surface area contributed by atoms with Gasteiger partial charge in [0.2, 0.25) is 5.91 Å². The van der Waals surface area contributed by atoms with Crippen molar-refractivity contribution >= 4 is 29.1 Å². The molecule has 2 N–H and O–H groups in total. The van der Waals surface area contributed by atoms with Gasteiger partial charge < -0.3 is 20.3 Å². The van der Waals surface area contributed by atoms with Gasteiger partial charge in [-0.3, -0.25) is 9.59 Å². The first kappa shape index (κ1) is 17.9. The van der Waals surface area contributed by atoms with Crippen LogP contribution in [-0.2, 0) is 9.53 Å². The van der Waals surface area contributed by atoms with Crippen LogP contribution in [0, 0.1) is 0 Å². The summed E-state index contributed by atoms with van der Waals surface area (Å²) in [5, 5.41) is 9.66. The van der Waals surface area contributed by atoms with Crippen LogP contribution < -0.4 is 15.5 Å². The van der Waals surface area contributed by atoms with Gasteiger partial charge in [-0.25, -0.2) is 4.98 Å². The fraction of sp³-hybridized carbons (Fsp3) is 0.263. The van der Waals surface area contributed by atoms with Gasteiger partial charge in [0.1, 0.15) is 11.6 Å². The lowest BCUT2D eigenvalue weighted by Crippen LogP contribution is -2.37. The van der Waals surface area contributed by atoms with Crippen LogP contribution in [0.2, 0.25) is 0 Å². The van der Waals surface area contributed by atoms with E-state index in [1.165, 1.54) is 0 Å². The molecule has 3 aromatic rings. The van der Waals surface area contributed by atoms with E-state index in [0.717, 1.165) is 18.9 Å². The fourth-order valence-electron chi connectivity index (χ4n) is 3.02. The zero-order valence-electron chi connectivity index (χ0n) is 15.2. The Labute approximate surface area is 161 Å². The molecule has 0 spiro atoms. The summed E-state index contributed by atoms with van der Waals surface area (Å²) >= 11 is 0. The molecule has 2 amide bonds. The largest absolute Gasteiger partial charge is 0.378 e. The van der Waals surface area contributed by atoms with Crippen LogP contribution in [0.4, 0.5) is 11.6 Å². The molecule has 4 rings (SSSR count). The highest BCUT2D eigenvalue weighted by molar-refractivity contribution is 5.99. The molecular formula is C19H20N6O3. The zero-order chi connectivity index (χ0) is 19.3. The number of morpholine rings is 1. The first-order valence-corrected chi connectivity index (χ1v) is 9.01.